The van der Waals surface area contributed by atoms with Crippen LogP contribution in [-0.2, 0) is 10.3 Å². The number of methoxy groups -OCH3 is 2. The van der Waals surface area contributed by atoms with E-state index in [1.807, 2.05) is 24.3 Å². The number of hydrogen-bond acceptors (Lipinski definition) is 6. The molecule has 2 aliphatic heterocycles. The number of carbonyl (C=O) groups excluding carboxylic acids is 1. The highest BCUT2D eigenvalue weighted by Crippen LogP contribution is 2.47. The Morgan fingerprint density at radius 3 is 2.20 bits per heavy atom. The van der Waals surface area contributed by atoms with Gasteiger partial charge in [0, 0.05) is 40.9 Å². The summed E-state index contributed by atoms with van der Waals surface area (Å²) < 4.78 is 23.8. The van der Waals surface area contributed by atoms with Gasteiger partial charge < -0.3 is 23.8 Å². The fourth-order valence-electron chi connectivity index (χ4n) is 5.76. The number of Topliss-reactive ketones (excluding diaryl/α,β-unsaturated/α-hetero) is 1. The van der Waals surface area contributed by atoms with E-state index in [4.69, 9.17) is 18.9 Å². The minimum Gasteiger partial charge on any atom is -0.497 e. The Bertz CT molecular complexity index is 1600. The van der Waals surface area contributed by atoms with Gasteiger partial charge >= 0.3 is 0 Å². The summed E-state index contributed by atoms with van der Waals surface area (Å²) in [4.78, 5) is 14.7. The summed E-state index contributed by atoms with van der Waals surface area (Å²) in [5.74, 6) is 2.04. The molecule has 0 saturated carbocycles. The van der Waals surface area contributed by atoms with E-state index in [-0.39, 0.29) is 5.78 Å². The summed E-state index contributed by atoms with van der Waals surface area (Å²) in [5, 5.41) is 1.83. The predicted molar refractivity (Wildman–Crippen MR) is 158 cm³/mol. The highest BCUT2D eigenvalue weighted by atomic mass is 16.5. The van der Waals surface area contributed by atoms with Gasteiger partial charge in [0.25, 0.3) is 0 Å². The largest absolute Gasteiger partial charge is 0.497 e. The predicted octanol–water partition coefficient (Wildman–Crippen LogP) is 6.55. The fourth-order valence-corrected chi connectivity index (χ4v) is 5.76. The summed E-state index contributed by atoms with van der Waals surface area (Å²) in [6, 6.07) is 22.6. The summed E-state index contributed by atoms with van der Waals surface area (Å²) >= 11 is 0. The molecule has 4 aromatic rings. The minimum atomic E-state index is -0.879. The smallest absolute Gasteiger partial charge is 0.178 e. The summed E-state index contributed by atoms with van der Waals surface area (Å²) in [5.41, 5.74) is 4.93. The van der Waals surface area contributed by atoms with Gasteiger partial charge in [0.05, 0.1) is 33.0 Å². The van der Waals surface area contributed by atoms with E-state index in [9.17, 15) is 4.79 Å². The molecule has 1 atom stereocenters. The minimum absolute atomic E-state index is 0.0390. The van der Waals surface area contributed by atoms with Crippen molar-refractivity contribution in [1.82, 2.24) is 0 Å². The average Bonchev–Trinajstić information content (AvgIpc) is 3.01. The maximum Gasteiger partial charge on any atom is 0.178 e. The second-order valence-corrected chi connectivity index (χ2v) is 10.3. The Labute approximate surface area is 234 Å². The standard InChI is InChI=1S/C34H33NO5/c1-22-19-24-20-30(23(2)36)32(38-4)21-31(24)33-29(22)13-14-34(40-33,26-7-11-28(37-3)12-8-26)25-5-9-27(10-6-25)35-15-17-39-18-16-35/h5-14,19-21H,15-18H2,1-4H3. The molecule has 0 N–H and O–H groups in total. The van der Waals surface area contributed by atoms with E-state index >= 15 is 0 Å². The number of ketones is 1. The van der Waals surface area contributed by atoms with Gasteiger partial charge in [0.15, 0.2) is 11.4 Å². The van der Waals surface area contributed by atoms with Crippen LogP contribution in [0.4, 0.5) is 5.69 Å². The van der Waals surface area contributed by atoms with Crippen molar-refractivity contribution in [3.05, 3.63) is 101 Å². The molecule has 0 aromatic heterocycles. The molecule has 4 aromatic carbocycles. The molecule has 2 heterocycles. The lowest BCUT2D eigenvalue weighted by Crippen LogP contribution is -2.37. The molecule has 0 bridgehead atoms. The Morgan fingerprint density at radius 2 is 1.57 bits per heavy atom. The molecule has 204 valence electrons. The van der Waals surface area contributed by atoms with E-state index in [1.165, 1.54) is 5.69 Å². The zero-order valence-corrected chi connectivity index (χ0v) is 23.3. The second-order valence-electron chi connectivity index (χ2n) is 10.3. The van der Waals surface area contributed by atoms with Gasteiger partial charge in [-0.05, 0) is 67.3 Å². The first-order valence-corrected chi connectivity index (χ1v) is 13.6. The van der Waals surface area contributed by atoms with Gasteiger partial charge in [-0.3, -0.25) is 4.79 Å². The van der Waals surface area contributed by atoms with E-state index in [1.54, 1.807) is 21.1 Å². The molecule has 6 heteroatoms. The highest BCUT2D eigenvalue weighted by Gasteiger charge is 2.38. The maximum absolute atomic E-state index is 12.4. The second kappa shape index (κ2) is 10.4. The lowest BCUT2D eigenvalue weighted by atomic mass is 9.82. The van der Waals surface area contributed by atoms with Crippen LogP contribution < -0.4 is 19.1 Å². The average molecular weight is 536 g/mol. The van der Waals surface area contributed by atoms with Crippen LogP contribution in [0, 0.1) is 6.92 Å². The van der Waals surface area contributed by atoms with Crippen molar-refractivity contribution in [2.45, 2.75) is 19.4 Å². The van der Waals surface area contributed by atoms with Crippen molar-refractivity contribution < 1.29 is 23.7 Å². The number of nitrogens with zero attached hydrogens (tertiary/aromatic N) is 1. The van der Waals surface area contributed by atoms with Gasteiger partial charge in [0.2, 0.25) is 0 Å². The molecule has 2 aliphatic rings. The summed E-state index contributed by atoms with van der Waals surface area (Å²) in [6.07, 6.45) is 4.29. The van der Waals surface area contributed by atoms with Crippen molar-refractivity contribution >= 4 is 28.3 Å². The topological polar surface area (TPSA) is 57.2 Å². The number of aryl methyl sites for hydroxylation is 1. The molecule has 1 unspecified atom stereocenters. The van der Waals surface area contributed by atoms with Crippen molar-refractivity contribution in [3.8, 4) is 17.2 Å². The number of benzene rings is 4. The molecule has 1 saturated heterocycles. The van der Waals surface area contributed by atoms with E-state index in [0.717, 1.165) is 70.8 Å². The van der Waals surface area contributed by atoms with Crippen LogP contribution in [0.5, 0.6) is 17.2 Å². The van der Waals surface area contributed by atoms with Crippen LogP contribution in [0.3, 0.4) is 0 Å². The lowest BCUT2D eigenvalue weighted by molar-refractivity contribution is 0.101. The van der Waals surface area contributed by atoms with Crippen LogP contribution in [0.25, 0.3) is 16.8 Å². The number of carbonyl (C=O) groups is 1. The molecule has 0 spiro atoms. The highest BCUT2D eigenvalue weighted by molar-refractivity contribution is 6.04. The van der Waals surface area contributed by atoms with Crippen LogP contribution in [0.1, 0.15) is 39.5 Å². The molecule has 1 fully saturated rings. The Morgan fingerprint density at radius 1 is 0.900 bits per heavy atom. The zero-order valence-electron chi connectivity index (χ0n) is 23.3. The van der Waals surface area contributed by atoms with Crippen LogP contribution in [0.15, 0.2) is 72.8 Å². The van der Waals surface area contributed by atoms with Gasteiger partial charge in [-0.25, -0.2) is 0 Å². The third-order valence-corrected chi connectivity index (χ3v) is 7.98. The zero-order chi connectivity index (χ0) is 27.9. The molecule has 0 amide bonds. The molecule has 40 heavy (non-hydrogen) atoms. The number of fused-ring (bicyclic) bond motifs is 3. The van der Waals surface area contributed by atoms with E-state index in [0.29, 0.717) is 11.3 Å². The first kappa shape index (κ1) is 26.0. The monoisotopic (exact) mass is 535 g/mol. The lowest BCUT2D eigenvalue weighted by Gasteiger charge is -2.37. The van der Waals surface area contributed by atoms with Crippen LogP contribution in [0.2, 0.25) is 0 Å². The first-order valence-electron chi connectivity index (χ1n) is 13.6. The molecular formula is C34H33NO5. The van der Waals surface area contributed by atoms with Crippen molar-refractivity contribution in [3.63, 3.8) is 0 Å². The first-order chi connectivity index (χ1) is 19.4. The number of hydrogen-bond donors (Lipinski definition) is 0. The van der Waals surface area contributed by atoms with E-state index in [2.05, 4.69) is 66.4 Å². The Balaban J connectivity index is 1.52. The molecule has 0 radical (unpaired) electrons. The maximum atomic E-state index is 12.4. The third kappa shape index (κ3) is 4.38. The number of rotatable bonds is 6. The SMILES string of the molecule is COc1ccc(C2(c3ccc(N4CCOCC4)cc3)C=Cc3c(C)cc4cc(C(C)=O)c(OC)cc4c3O2)cc1. The Kier molecular flexibility index (Phi) is 6.72. The summed E-state index contributed by atoms with van der Waals surface area (Å²) in [6.45, 7) is 6.86. The van der Waals surface area contributed by atoms with Crippen LogP contribution >= 0.6 is 0 Å². The third-order valence-electron chi connectivity index (χ3n) is 7.98. The van der Waals surface area contributed by atoms with Crippen molar-refractivity contribution in [1.29, 1.82) is 0 Å². The normalized spacial score (nSPS) is 18.2. The Hall–Kier alpha value is -4.29. The number of ether oxygens (including phenoxy) is 4. The molecular weight excluding hydrogens is 502 g/mol. The van der Waals surface area contributed by atoms with Crippen LogP contribution in [-0.4, -0.2) is 46.3 Å². The van der Waals surface area contributed by atoms with Crippen molar-refractivity contribution in [2.75, 3.05) is 45.4 Å². The van der Waals surface area contributed by atoms with Gasteiger partial charge in [-0.15, -0.1) is 0 Å². The summed E-state index contributed by atoms with van der Waals surface area (Å²) in [7, 11) is 3.26. The molecule has 6 nitrogen and oxygen atoms in total. The molecule has 0 aliphatic carbocycles. The molecule has 6 rings (SSSR count). The number of morpholine rings is 1. The van der Waals surface area contributed by atoms with E-state index < -0.39 is 5.60 Å². The fraction of sp³-hybridized carbons (Fsp3) is 0.265. The van der Waals surface area contributed by atoms with Crippen molar-refractivity contribution in [2.24, 2.45) is 0 Å². The van der Waals surface area contributed by atoms with Gasteiger partial charge in [-0.1, -0.05) is 36.4 Å². The van der Waals surface area contributed by atoms with Gasteiger partial charge in [0.1, 0.15) is 17.2 Å². The quantitative estimate of drug-likeness (QED) is 0.261. The number of anilines is 1. The van der Waals surface area contributed by atoms with Gasteiger partial charge in [-0.2, -0.15) is 0 Å².